The first kappa shape index (κ1) is 32.5. The van der Waals surface area contributed by atoms with Gasteiger partial charge in [0.25, 0.3) is 0 Å². The number of carbonyl (C=O) groups excluding carboxylic acids is 4. The first-order chi connectivity index (χ1) is 16.9. The number of hydrogen-bond donors (Lipinski definition) is 10. The van der Waals surface area contributed by atoms with Gasteiger partial charge in [-0.3, -0.25) is 24.2 Å². The predicted octanol–water partition coefficient (Wildman–Crippen LogP) is -4.71. The molecule has 0 rings (SSSR count). The van der Waals surface area contributed by atoms with Crippen molar-refractivity contribution in [3.63, 3.8) is 0 Å². The fourth-order valence-corrected chi connectivity index (χ4v) is 2.98. The Morgan fingerprint density at radius 1 is 0.778 bits per heavy atom. The molecule has 4 amide bonds. The number of carboxylic acids is 1. The van der Waals surface area contributed by atoms with E-state index >= 15 is 0 Å². The lowest BCUT2D eigenvalue weighted by Crippen LogP contribution is -2.57. The van der Waals surface area contributed by atoms with Crippen LogP contribution in [-0.4, -0.2) is 89.6 Å². The minimum absolute atomic E-state index is 0.0896. The van der Waals surface area contributed by atoms with Crippen LogP contribution in [0.3, 0.4) is 0 Å². The van der Waals surface area contributed by atoms with Crippen LogP contribution in [0.1, 0.15) is 44.9 Å². The van der Waals surface area contributed by atoms with Crippen LogP contribution in [0, 0.1) is 0 Å². The Hall–Kier alpha value is -3.50. The summed E-state index contributed by atoms with van der Waals surface area (Å²) < 4.78 is 0. The molecular weight excluding hydrogens is 478 g/mol. The Morgan fingerprint density at radius 3 is 1.83 bits per heavy atom. The summed E-state index contributed by atoms with van der Waals surface area (Å²) in [4.78, 5) is 64.2. The molecule has 4 unspecified atom stereocenters. The van der Waals surface area contributed by atoms with Crippen molar-refractivity contribution in [3.05, 3.63) is 0 Å². The topological polar surface area (TPSA) is 304 Å². The number of aliphatic hydroxyl groups is 1. The zero-order valence-corrected chi connectivity index (χ0v) is 20.2. The van der Waals surface area contributed by atoms with Crippen molar-refractivity contribution in [2.45, 2.75) is 69.1 Å². The molecule has 16 heteroatoms. The van der Waals surface area contributed by atoms with Crippen molar-refractivity contribution in [2.75, 3.05) is 19.7 Å². The number of nitrogens with two attached hydrogens (primary N) is 5. The number of nitrogens with zero attached hydrogens (tertiary/aromatic N) is 1. The Bertz CT molecular complexity index is 775. The van der Waals surface area contributed by atoms with E-state index in [9.17, 15) is 24.0 Å². The highest BCUT2D eigenvalue weighted by Gasteiger charge is 2.30. The highest BCUT2D eigenvalue weighted by Crippen LogP contribution is 2.06. The summed E-state index contributed by atoms with van der Waals surface area (Å²) in [6.07, 6.45) is 1.33. The second-order valence-corrected chi connectivity index (χ2v) is 8.05. The van der Waals surface area contributed by atoms with Crippen LogP contribution in [-0.2, 0) is 24.0 Å². The Kier molecular flexibility index (Phi) is 16.1. The van der Waals surface area contributed by atoms with E-state index in [1.807, 2.05) is 0 Å². The summed E-state index contributed by atoms with van der Waals surface area (Å²) in [5.41, 5.74) is 27.0. The maximum atomic E-state index is 13.0. The highest BCUT2D eigenvalue weighted by molar-refractivity contribution is 5.94. The molecule has 0 aliphatic rings. The first-order valence-electron chi connectivity index (χ1n) is 11.5. The minimum Gasteiger partial charge on any atom is -0.480 e. The molecule has 0 bridgehead atoms. The van der Waals surface area contributed by atoms with E-state index in [1.165, 1.54) is 0 Å². The number of rotatable bonds is 19. The van der Waals surface area contributed by atoms with Crippen LogP contribution in [0.2, 0.25) is 0 Å². The summed E-state index contributed by atoms with van der Waals surface area (Å²) in [7, 11) is 0. The van der Waals surface area contributed by atoms with Crippen LogP contribution in [0.4, 0.5) is 0 Å². The number of amides is 4. The molecule has 16 nitrogen and oxygen atoms in total. The highest BCUT2D eigenvalue weighted by atomic mass is 16.4. The molecule has 0 aromatic rings. The van der Waals surface area contributed by atoms with Crippen LogP contribution >= 0.6 is 0 Å². The fourth-order valence-electron chi connectivity index (χ4n) is 2.98. The van der Waals surface area contributed by atoms with Gasteiger partial charge in [0, 0.05) is 13.0 Å². The molecule has 0 aliphatic carbocycles. The molecule has 4 atom stereocenters. The van der Waals surface area contributed by atoms with Crippen LogP contribution in [0.15, 0.2) is 4.99 Å². The second-order valence-electron chi connectivity index (χ2n) is 8.05. The molecule has 0 aromatic heterocycles. The molecule has 0 saturated heterocycles. The lowest BCUT2D eigenvalue weighted by atomic mass is 10.0. The zero-order valence-electron chi connectivity index (χ0n) is 20.2. The van der Waals surface area contributed by atoms with Gasteiger partial charge in [-0.25, -0.2) is 4.79 Å². The fraction of sp³-hybridized carbons (Fsp3) is 0.700. The lowest BCUT2D eigenvalue weighted by molar-refractivity contribution is -0.143. The van der Waals surface area contributed by atoms with Crippen molar-refractivity contribution < 1.29 is 34.2 Å². The maximum Gasteiger partial charge on any atom is 0.328 e. The minimum atomic E-state index is -1.62. The second kappa shape index (κ2) is 17.9. The van der Waals surface area contributed by atoms with Crippen molar-refractivity contribution in [3.8, 4) is 0 Å². The van der Waals surface area contributed by atoms with Gasteiger partial charge in [0.1, 0.15) is 18.1 Å². The number of hydrogen-bond acceptors (Lipinski definition) is 9. The number of nitrogens with one attached hydrogen (secondary N) is 3. The van der Waals surface area contributed by atoms with Gasteiger partial charge in [0.05, 0.1) is 12.6 Å². The Morgan fingerprint density at radius 2 is 1.33 bits per heavy atom. The van der Waals surface area contributed by atoms with Gasteiger partial charge in [0.15, 0.2) is 5.96 Å². The van der Waals surface area contributed by atoms with E-state index in [1.54, 1.807) is 0 Å². The third-order valence-electron chi connectivity index (χ3n) is 4.99. The molecule has 0 heterocycles. The first-order valence-corrected chi connectivity index (χ1v) is 11.5. The maximum absolute atomic E-state index is 13.0. The summed E-state index contributed by atoms with van der Waals surface area (Å²) in [5.74, 6) is -4.65. The molecule has 0 spiro atoms. The number of carbonyl (C=O) groups is 5. The predicted molar refractivity (Wildman–Crippen MR) is 130 cm³/mol. The van der Waals surface area contributed by atoms with Gasteiger partial charge in [-0.2, -0.15) is 0 Å². The van der Waals surface area contributed by atoms with E-state index in [2.05, 4.69) is 20.9 Å². The van der Waals surface area contributed by atoms with E-state index in [-0.39, 0.29) is 38.2 Å². The normalized spacial score (nSPS) is 14.0. The molecule has 0 saturated carbocycles. The van der Waals surface area contributed by atoms with Crippen LogP contribution < -0.4 is 44.6 Å². The van der Waals surface area contributed by atoms with E-state index in [0.29, 0.717) is 25.8 Å². The number of guanidine groups is 1. The van der Waals surface area contributed by atoms with Gasteiger partial charge in [-0.15, -0.1) is 0 Å². The number of aliphatic hydroxyl groups excluding tert-OH is 1. The molecule has 0 aliphatic heterocycles. The van der Waals surface area contributed by atoms with Crippen LogP contribution in [0.25, 0.3) is 0 Å². The van der Waals surface area contributed by atoms with Crippen molar-refractivity contribution in [1.82, 2.24) is 16.0 Å². The third-order valence-corrected chi connectivity index (χ3v) is 4.99. The summed E-state index contributed by atoms with van der Waals surface area (Å²) >= 11 is 0. The molecule has 0 aromatic carbocycles. The average Bonchev–Trinajstić information content (AvgIpc) is 2.81. The van der Waals surface area contributed by atoms with Gasteiger partial charge in [-0.05, 0) is 45.1 Å². The molecule has 15 N–H and O–H groups in total. The quantitative estimate of drug-likeness (QED) is 0.0440. The molecular formula is C20H39N9O7. The van der Waals surface area contributed by atoms with E-state index in [0.717, 1.165) is 0 Å². The molecule has 0 radical (unpaired) electrons. The third kappa shape index (κ3) is 14.0. The molecule has 36 heavy (non-hydrogen) atoms. The van der Waals surface area contributed by atoms with E-state index in [4.69, 9.17) is 38.9 Å². The van der Waals surface area contributed by atoms with Gasteiger partial charge >= 0.3 is 5.97 Å². The lowest BCUT2D eigenvalue weighted by Gasteiger charge is -2.25. The average molecular weight is 518 g/mol. The largest absolute Gasteiger partial charge is 0.480 e. The summed E-state index contributed by atoms with van der Waals surface area (Å²) in [6.45, 7) is -0.268. The van der Waals surface area contributed by atoms with E-state index < -0.39 is 60.4 Å². The molecule has 206 valence electrons. The number of aliphatic imine (C=N–C) groups is 1. The number of primary amides is 1. The number of aliphatic carboxylic acids is 1. The standard InChI is InChI=1S/C20H39N9O7/c21-8-2-1-5-12(27-16(32)11(22)4-3-9-26-20(24)25)17(33)28-13(6-7-15(23)31)18(34)29-14(10-30)19(35)36/h11-14,30H,1-10,21-22H2,(H2,23,31)(H,27,32)(H,28,33)(H,29,34)(H,35,36)(H4,24,25,26). The molecule has 0 fully saturated rings. The van der Waals surface area contributed by atoms with Crippen molar-refractivity contribution in [2.24, 2.45) is 33.7 Å². The number of unbranched alkanes of at least 4 members (excludes halogenated alkanes) is 1. The Balaban J connectivity index is 5.40. The number of carboxylic acid groups (broad SMARTS) is 1. The van der Waals surface area contributed by atoms with Crippen LogP contribution in [0.5, 0.6) is 0 Å². The SMILES string of the molecule is NCCCCC(NC(=O)C(N)CCCN=C(N)N)C(=O)NC(CCC(N)=O)C(=O)NC(CO)C(=O)O. The zero-order chi connectivity index (χ0) is 27.7. The van der Waals surface area contributed by atoms with Gasteiger partial charge in [-0.1, -0.05) is 0 Å². The smallest absolute Gasteiger partial charge is 0.328 e. The Labute approximate surface area is 208 Å². The summed E-state index contributed by atoms with van der Waals surface area (Å²) in [5, 5.41) is 25.2. The van der Waals surface area contributed by atoms with Crippen molar-refractivity contribution in [1.29, 1.82) is 0 Å². The summed E-state index contributed by atoms with van der Waals surface area (Å²) in [6, 6.07) is -5.04. The monoisotopic (exact) mass is 517 g/mol. The van der Waals surface area contributed by atoms with Gasteiger partial charge < -0.3 is 54.8 Å². The van der Waals surface area contributed by atoms with Crippen molar-refractivity contribution >= 4 is 35.6 Å². The van der Waals surface area contributed by atoms with Gasteiger partial charge in [0.2, 0.25) is 23.6 Å².